The normalized spacial score (nSPS) is 16.2. The second-order valence-corrected chi connectivity index (χ2v) is 5.01. The third-order valence-electron chi connectivity index (χ3n) is 3.26. The molecule has 1 unspecified atom stereocenters. The first-order valence-corrected chi connectivity index (χ1v) is 6.63. The van der Waals surface area contributed by atoms with E-state index < -0.39 is 0 Å². The van der Waals surface area contributed by atoms with Gasteiger partial charge in [-0.15, -0.1) is 0 Å². The van der Waals surface area contributed by atoms with E-state index in [1.165, 1.54) is 12.8 Å². The number of pyridine rings is 1. The maximum atomic E-state index is 12.1. The topological polar surface area (TPSA) is 54.0 Å². The number of hydrogen-bond donors (Lipinski definition) is 2. The fraction of sp³-hybridized carbons (Fsp3) is 0.571. The Hall–Kier alpha value is -1.58. The number of hydrogen-bond acceptors (Lipinski definition) is 3. The van der Waals surface area contributed by atoms with Crippen LogP contribution < -0.4 is 10.6 Å². The van der Waals surface area contributed by atoms with Crippen LogP contribution in [-0.4, -0.2) is 23.5 Å². The van der Waals surface area contributed by atoms with Gasteiger partial charge < -0.3 is 10.6 Å². The highest BCUT2D eigenvalue weighted by atomic mass is 16.1. The molecular formula is C14H21N3O. The lowest BCUT2D eigenvalue weighted by atomic mass is 10.1. The molecule has 0 spiro atoms. The highest BCUT2D eigenvalue weighted by Crippen LogP contribution is 2.32. The van der Waals surface area contributed by atoms with Gasteiger partial charge in [-0.2, -0.15) is 0 Å². The predicted octanol–water partition coefficient (Wildman–Crippen LogP) is 2.35. The lowest BCUT2D eigenvalue weighted by Crippen LogP contribution is -2.34. The van der Waals surface area contributed by atoms with Crippen LogP contribution in [0.2, 0.25) is 0 Å². The van der Waals surface area contributed by atoms with Gasteiger partial charge in [-0.1, -0.05) is 0 Å². The van der Waals surface area contributed by atoms with Crippen LogP contribution in [0, 0.1) is 12.8 Å². The Bertz CT molecular complexity index is 441. The van der Waals surface area contributed by atoms with E-state index in [0.717, 1.165) is 18.1 Å². The van der Waals surface area contributed by atoms with E-state index in [-0.39, 0.29) is 11.9 Å². The lowest BCUT2D eigenvalue weighted by molar-refractivity contribution is 0.0935. The zero-order valence-electron chi connectivity index (χ0n) is 11.3. The molecule has 1 fully saturated rings. The van der Waals surface area contributed by atoms with Gasteiger partial charge in [0.1, 0.15) is 5.82 Å². The van der Waals surface area contributed by atoms with Gasteiger partial charge in [0.05, 0.1) is 0 Å². The van der Waals surface area contributed by atoms with Gasteiger partial charge >= 0.3 is 0 Å². The molecule has 1 amide bonds. The van der Waals surface area contributed by atoms with Gasteiger partial charge in [-0.05, 0) is 51.7 Å². The largest absolute Gasteiger partial charge is 0.370 e. The number of aryl methyl sites for hydroxylation is 1. The summed E-state index contributed by atoms with van der Waals surface area (Å²) < 4.78 is 0. The molecule has 2 N–H and O–H groups in total. The van der Waals surface area contributed by atoms with E-state index in [1.54, 1.807) is 0 Å². The Balaban J connectivity index is 2.08. The molecule has 1 aliphatic rings. The maximum Gasteiger partial charge on any atom is 0.251 e. The van der Waals surface area contributed by atoms with Crippen molar-refractivity contribution in [3.8, 4) is 0 Å². The summed E-state index contributed by atoms with van der Waals surface area (Å²) in [5.74, 6) is 1.44. The molecular weight excluding hydrogens is 226 g/mol. The van der Waals surface area contributed by atoms with Crippen molar-refractivity contribution >= 4 is 11.7 Å². The van der Waals surface area contributed by atoms with Gasteiger partial charge in [0.15, 0.2) is 0 Å². The Morgan fingerprint density at radius 1 is 1.50 bits per heavy atom. The average Bonchev–Trinajstić information content (AvgIpc) is 3.12. The molecule has 4 heteroatoms. The Labute approximate surface area is 108 Å². The van der Waals surface area contributed by atoms with Gasteiger partial charge in [0, 0.05) is 23.8 Å². The molecule has 0 aromatic carbocycles. The van der Waals surface area contributed by atoms with Gasteiger partial charge in [-0.25, -0.2) is 4.98 Å². The SMILES string of the molecule is CCNc1cc(C(=O)NC(C)C2CC2)cc(C)n1. The summed E-state index contributed by atoms with van der Waals surface area (Å²) in [5, 5.41) is 6.20. The zero-order chi connectivity index (χ0) is 13.1. The summed E-state index contributed by atoms with van der Waals surface area (Å²) in [6, 6.07) is 3.91. The van der Waals surface area contributed by atoms with E-state index in [4.69, 9.17) is 0 Å². The number of carbonyl (C=O) groups is 1. The summed E-state index contributed by atoms with van der Waals surface area (Å²) in [6.45, 7) is 6.80. The molecule has 1 aromatic heterocycles. The molecule has 18 heavy (non-hydrogen) atoms. The molecule has 1 aromatic rings. The predicted molar refractivity (Wildman–Crippen MR) is 72.8 cm³/mol. The van der Waals surface area contributed by atoms with Crippen LogP contribution in [0.4, 0.5) is 5.82 Å². The third-order valence-corrected chi connectivity index (χ3v) is 3.26. The molecule has 2 rings (SSSR count). The first-order valence-electron chi connectivity index (χ1n) is 6.63. The molecule has 1 heterocycles. The van der Waals surface area contributed by atoms with Crippen LogP contribution in [-0.2, 0) is 0 Å². The minimum absolute atomic E-state index is 0.000877. The average molecular weight is 247 g/mol. The molecule has 0 radical (unpaired) electrons. The Kier molecular flexibility index (Phi) is 3.84. The summed E-state index contributed by atoms with van der Waals surface area (Å²) in [7, 11) is 0. The minimum Gasteiger partial charge on any atom is -0.370 e. The van der Waals surface area contributed by atoms with E-state index >= 15 is 0 Å². The molecule has 0 bridgehead atoms. The quantitative estimate of drug-likeness (QED) is 0.839. The van der Waals surface area contributed by atoms with Gasteiger partial charge in [-0.3, -0.25) is 4.79 Å². The summed E-state index contributed by atoms with van der Waals surface area (Å²) in [5.41, 5.74) is 1.55. The van der Waals surface area contributed by atoms with E-state index in [1.807, 2.05) is 26.0 Å². The highest BCUT2D eigenvalue weighted by molar-refractivity contribution is 5.95. The van der Waals surface area contributed by atoms with Crippen LogP contribution in [0.25, 0.3) is 0 Å². The molecule has 0 saturated heterocycles. The second kappa shape index (κ2) is 5.38. The molecule has 0 aliphatic heterocycles. The monoisotopic (exact) mass is 247 g/mol. The van der Waals surface area contributed by atoms with Crippen molar-refractivity contribution < 1.29 is 4.79 Å². The number of aromatic nitrogens is 1. The van der Waals surface area contributed by atoms with Crippen LogP contribution in [0.5, 0.6) is 0 Å². The number of nitrogens with zero attached hydrogens (tertiary/aromatic N) is 1. The number of anilines is 1. The molecule has 98 valence electrons. The van der Waals surface area contributed by atoms with Gasteiger partial charge in [0.2, 0.25) is 0 Å². The van der Waals surface area contributed by atoms with Crippen molar-refractivity contribution in [2.75, 3.05) is 11.9 Å². The molecule has 1 aliphatic carbocycles. The fourth-order valence-corrected chi connectivity index (χ4v) is 2.08. The van der Waals surface area contributed by atoms with Crippen molar-refractivity contribution in [1.82, 2.24) is 10.3 Å². The van der Waals surface area contributed by atoms with Crippen LogP contribution in [0.15, 0.2) is 12.1 Å². The van der Waals surface area contributed by atoms with Crippen molar-refractivity contribution in [2.24, 2.45) is 5.92 Å². The summed E-state index contributed by atoms with van der Waals surface area (Å²) >= 11 is 0. The smallest absolute Gasteiger partial charge is 0.251 e. The van der Waals surface area contributed by atoms with Crippen molar-refractivity contribution in [3.63, 3.8) is 0 Å². The molecule has 1 saturated carbocycles. The highest BCUT2D eigenvalue weighted by Gasteiger charge is 2.29. The Morgan fingerprint density at radius 3 is 2.83 bits per heavy atom. The van der Waals surface area contributed by atoms with Crippen LogP contribution in [0.1, 0.15) is 42.7 Å². The van der Waals surface area contributed by atoms with Crippen molar-refractivity contribution in [3.05, 3.63) is 23.4 Å². The maximum absolute atomic E-state index is 12.1. The van der Waals surface area contributed by atoms with Crippen LogP contribution >= 0.6 is 0 Å². The second-order valence-electron chi connectivity index (χ2n) is 5.01. The third kappa shape index (κ3) is 3.22. The van der Waals surface area contributed by atoms with E-state index in [2.05, 4.69) is 22.5 Å². The molecule has 4 nitrogen and oxygen atoms in total. The Morgan fingerprint density at radius 2 is 2.22 bits per heavy atom. The first-order chi connectivity index (χ1) is 8.60. The van der Waals surface area contributed by atoms with Crippen molar-refractivity contribution in [1.29, 1.82) is 0 Å². The number of carbonyl (C=O) groups excluding carboxylic acids is 1. The van der Waals surface area contributed by atoms with E-state index in [0.29, 0.717) is 11.5 Å². The lowest BCUT2D eigenvalue weighted by Gasteiger charge is -2.13. The summed E-state index contributed by atoms with van der Waals surface area (Å²) in [6.07, 6.45) is 2.47. The summed E-state index contributed by atoms with van der Waals surface area (Å²) in [4.78, 5) is 16.5. The van der Waals surface area contributed by atoms with E-state index in [9.17, 15) is 4.79 Å². The molecule has 1 atom stereocenters. The van der Waals surface area contributed by atoms with Crippen molar-refractivity contribution in [2.45, 2.75) is 39.7 Å². The number of nitrogens with one attached hydrogen (secondary N) is 2. The van der Waals surface area contributed by atoms with Gasteiger partial charge in [0.25, 0.3) is 5.91 Å². The standard InChI is InChI=1S/C14H21N3O/c1-4-15-13-8-12(7-9(2)16-13)14(18)17-10(3)11-5-6-11/h7-8,10-11H,4-6H2,1-3H3,(H,15,16)(H,17,18). The fourth-order valence-electron chi connectivity index (χ4n) is 2.08. The first kappa shape index (κ1) is 12.9. The van der Waals surface area contributed by atoms with Crippen LogP contribution in [0.3, 0.4) is 0 Å². The number of rotatable bonds is 5. The minimum atomic E-state index is -0.000877. The number of amides is 1. The zero-order valence-corrected chi connectivity index (χ0v) is 11.3.